The Kier molecular flexibility index (Phi) is 9.52. The Labute approximate surface area is 188 Å². The van der Waals surface area contributed by atoms with Crippen molar-refractivity contribution in [2.45, 2.75) is 13.5 Å². The standard InChI is InChI=1S/C21H24N6O.2ClH/c1-14-5-4-6-17(11-14)24-20-18(19(22)28)12-23-21(26-20)25-16-9-7-15(8-10-16)13-27(2)3;;/h4-12H,13H2,1-3H3,(H2,22,28)(H2,23,24,25,26);2*1H. The third-order valence-corrected chi connectivity index (χ3v) is 4.04. The van der Waals surface area contributed by atoms with E-state index in [0.29, 0.717) is 11.8 Å². The predicted octanol–water partition coefficient (Wildman–Crippen LogP) is 4.28. The molecule has 1 amide bonds. The number of hydrogen-bond acceptors (Lipinski definition) is 6. The summed E-state index contributed by atoms with van der Waals surface area (Å²) in [4.78, 5) is 22.5. The summed E-state index contributed by atoms with van der Waals surface area (Å²) in [6, 6.07) is 15.8. The van der Waals surface area contributed by atoms with Crippen LogP contribution in [0.1, 0.15) is 21.5 Å². The quantitative estimate of drug-likeness (QED) is 0.499. The number of rotatable bonds is 7. The normalized spacial score (nSPS) is 10.0. The van der Waals surface area contributed by atoms with Gasteiger partial charge in [-0.05, 0) is 56.4 Å². The Morgan fingerprint density at radius 1 is 1.03 bits per heavy atom. The van der Waals surface area contributed by atoms with Crippen LogP contribution in [-0.4, -0.2) is 34.9 Å². The highest BCUT2D eigenvalue weighted by Crippen LogP contribution is 2.22. The molecule has 0 aliphatic heterocycles. The first-order valence-electron chi connectivity index (χ1n) is 8.92. The highest BCUT2D eigenvalue weighted by atomic mass is 35.5. The van der Waals surface area contributed by atoms with E-state index < -0.39 is 5.91 Å². The van der Waals surface area contributed by atoms with Gasteiger partial charge < -0.3 is 21.3 Å². The molecule has 9 heteroatoms. The molecule has 0 saturated heterocycles. The van der Waals surface area contributed by atoms with E-state index in [-0.39, 0.29) is 30.4 Å². The van der Waals surface area contributed by atoms with Gasteiger partial charge in [0.2, 0.25) is 5.95 Å². The van der Waals surface area contributed by atoms with Crippen molar-refractivity contribution in [3.8, 4) is 0 Å². The zero-order valence-electron chi connectivity index (χ0n) is 17.0. The average molecular weight is 449 g/mol. The molecule has 4 N–H and O–H groups in total. The number of nitrogens with zero attached hydrogens (tertiary/aromatic N) is 3. The van der Waals surface area contributed by atoms with Gasteiger partial charge in [0.15, 0.2) is 0 Å². The van der Waals surface area contributed by atoms with Crippen LogP contribution in [0, 0.1) is 6.92 Å². The minimum absolute atomic E-state index is 0. The van der Waals surface area contributed by atoms with Gasteiger partial charge in [0, 0.05) is 24.1 Å². The Morgan fingerprint density at radius 2 is 1.73 bits per heavy atom. The monoisotopic (exact) mass is 448 g/mol. The van der Waals surface area contributed by atoms with Gasteiger partial charge in [-0.1, -0.05) is 24.3 Å². The lowest BCUT2D eigenvalue weighted by atomic mass is 10.2. The topological polar surface area (TPSA) is 96.2 Å². The number of carbonyl (C=O) groups excluding carboxylic acids is 1. The molecule has 0 unspecified atom stereocenters. The second kappa shape index (κ2) is 11.3. The fraction of sp³-hybridized carbons (Fsp3) is 0.190. The van der Waals surface area contributed by atoms with Gasteiger partial charge in [0.25, 0.3) is 5.91 Å². The van der Waals surface area contributed by atoms with Crippen molar-refractivity contribution < 1.29 is 4.79 Å². The molecular weight excluding hydrogens is 423 g/mol. The number of carbonyl (C=O) groups is 1. The number of nitrogens with one attached hydrogen (secondary N) is 2. The van der Waals surface area contributed by atoms with E-state index in [4.69, 9.17) is 5.73 Å². The van der Waals surface area contributed by atoms with Crippen LogP contribution >= 0.6 is 24.8 Å². The molecular formula is C21H26Cl2N6O. The first-order valence-corrected chi connectivity index (χ1v) is 8.92. The number of aryl methyl sites for hydroxylation is 1. The number of anilines is 4. The third-order valence-electron chi connectivity index (χ3n) is 4.04. The molecule has 3 aromatic rings. The maximum absolute atomic E-state index is 11.8. The highest BCUT2D eigenvalue weighted by Gasteiger charge is 2.13. The molecule has 7 nitrogen and oxygen atoms in total. The number of benzene rings is 2. The molecule has 0 radical (unpaired) electrons. The summed E-state index contributed by atoms with van der Waals surface area (Å²) in [7, 11) is 4.06. The Bertz CT molecular complexity index is 979. The Hall–Kier alpha value is -2.87. The van der Waals surface area contributed by atoms with E-state index in [2.05, 4.69) is 25.5 Å². The molecule has 160 valence electrons. The predicted molar refractivity (Wildman–Crippen MR) is 127 cm³/mol. The molecule has 0 aliphatic rings. The molecule has 3 rings (SSSR count). The minimum atomic E-state index is -0.588. The zero-order chi connectivity index (χ0) is 20.1. The smallest absolute Gasteiger partial charge is 0.254 e. The summed E-state index contributed by atoms with van der Waals surface area (Å²) in [5, 5.41) is 6.31. The summed E-state index contributed by atoms with van der Waals surface area (Å²) >= 11 is 0. The lowest BCUT2D eigenvalue weighted by molar-refractivity contribution is 0.100. The molecule has 0 fully saturated rings. The van der Waals surface area contributed by atoms with Crippen molar-refractivity contribution in [2.24, 2.45) is 5.73 Å². The molecule has 1 aromatic heterocycles. The highest BCUT2D eigenvalue weighted by molar-refractivity contribution is 5.98. The third kappa shape index (κ3) is 6.88. The van der Waals surface area contributed by atoms with Crippen molar-refractivity contribution in [3.05, 3.63) is 71.4 Å². The fourth-order valence-electron chi connectivity index (χ4n) is 2.76. The summed E-state index contributed by atoms with van der Waals surface area (Å²) < 4.78 is 0. The number of hydrogen-bond donors (Lipinski definition) is 3. The molecule has 2 aromatic carbocycles. The van der Waals surface area contributed by atoms with Crippen molar-refractivity contribution in [1.29, 1.82) is 0 Å². The molecule has 0 atom stereocenters. The zero-order valence-corrected chi connectivity index (χ0v) is 18.7. The summed E-state index contributed by atoms with van der Waals surface area (Å²) in [6.45, 7) is 2.86. The summed E-state index contributed by atoms with van der Waals surface area (Å²) in [6.07, 6.45) is 1.43. The molecule has 0 bridgehead atoms. The maximum atomic E-state index is 11.8. The van der Waals surface area contributed by atoms with Crippen LogP contribution in [0.3, 0.4) is 0 Å². The van der Waals surface area contributed by atoms with E-state index in [1.165, 1.54) is 11.8 Å². The van der Waals surface area contributed by atoms with Crippen LogP contribution in [0.2, 0.25) is 0 Å². The lowest BCUT2D eigenvalue weighted by Crippen LogP contribution is -2.15. The van der Waals surface area contributed by atoms with Crippen LogP contribution in [0.5, 0.6) is 0 Å². The first-order chi connectivity index (χ1) is 13.4. The van der Waals surface area contributed by atoms with Crippen LogP contribution in [0.4, 0.5) is 23.1 Å². The van der Waals surface area contributed by atoms with Crippen LogP contribution in [0.25, 0.3) is 0 Å². The van der Waals surface area contributed by atoms with Gasteiger partial charge in [0.1, 0.15) is 11.4 Å². The molecule has 30 heavy (non-hydrogen) atoms. The minimum Gasteiger partial charge on any atom is -0.365 e. The van der Waals surface area contributed by atoms with Gasteiger partial charge in [-0.25, -0.2) is 4.98 Å². The Morgan fingerprint density at radius 3 is 2.33 bits per heavy atom. The van der Waals surface area contributed by atoms with Crippen molar-refractivity contribution in [1.82, 2.24) is 14.9 Å². The number of halogens is 2. The van der Waals surface area contributed by atoms with Gasteiger partial charge in [-0.2, -0.15) is 4.98 Å². The first kappa shape index (κ1) is 25.2. The summed E-state index contributed by atoms with van der Waals surface area (Å²) in [5.41, 5.74) is 9.68. The molecule has 0 saturated carbocycles. The van der Waals surface area contributed by atoms with E-state index in [0.717, 1.165) is 23.5 Å². The second-order valence-corrected chi connectivity index (χ2v) is 6.87. The number of amides is 1. The van der Waals surface area contributed by atoms with Crippen molar-refractivity contribution in [2.75, 3.05) is 24.7 Å². The second-order valence-electron chi connectivity index (χ2n) is 6.87. The van der Waals surface area contributed by atoms with E-state index in [1.807, 2.05) is 69.6 Å². The fourth-order valence-corrected chi connectivity index (χ4v) is 2.76. The number of primary amides is 1. The van der Waals surface area contributed by atoms with Crippen LogP contribution < -0.4 is 16.4 Å². The van der Waals surface area contributed by atoms with E-state index in [9.17, 15) is 4.79 Å². The SMILES string of the molecule is Cc1cccc(Nc2nc(Nc3ccc(CN(C)C)cc3)ncc2C(N)=O)c1.Cl.Cl. The van der Waals surface area contributed by atoms with Crippen molar-refractivity contribution >= 4 is 53.9 Å². The van der Waals surface area contributed by atoms with Crippen molar-refractivity contribution in [3.63, 3.8) is 0 Å². The lowest BCUT2D eigenvalue weighted by Gasteiger charge is -2.13. The van der Waals surface area contributed by atoms with Crippen LogP contribution in [-0.2, 0) is 6.54 Å². The van der Waals surface area contributed by atoms with Crippen LogP contribution in [0.15, 0.2) is 54.7 Å². The van der Waals surface area contributed by atoms with Gasteiger partial charge in [-0.3, -0.25) is 4.79 Å². The largest absolute Gasteiger partial charge is 0.365 e. The number of aromatic nitrogens is 2. The van der Waals surface area contributed by atoms with Gasteiger partial charge in [0.05, 0.1) is 0 Å². The molecule has 1 heterocycles. The summed E-state index contributed by atoms with van der Waals surface area (Å²) in [5.74, 6) is 0.148. The van der Waals surface area contributed by atoms with Gasteiger partial charge in [-0.15, -0.1) is 24.8 Å². The number of nitrogens with two attached hydrogens (primary N) is 1. The van der Waals surface area contributed by atoms with Gasteiger partial charge >= 0.3 is 0 Å². The maximum Gasteiger partial charge on any atom is 0.254 e. The average Bonchev–Trinajstić information content (AvgIpc) is 2.63. The molecule has 0 spiro atoms. The van der Waals surface area contributed by atoms with E-state index >= 15 is 0 Å². The molecule has 0 aliphatic carbocycles. The van der Waals surface area contributed by atoms with E-state index in [1.54, 1.807) is 0 Å². The Balaban J connectivity index is 0.00000225.